The number of hydrazone groups is 1. The lowest BCUT2D eigenvalue weighted by Crippen LogP contribution is -2.19. The molecule has 0 radical (unpaired) electrons. The van der Waals surface area contributed by atoms with Gasteiger partial charge in [-0.2, -0.15) is 5.10 Å². The van der Waals surface area contributed by atoms with Gasteiger partial charge < -0.3 is 11.6 Å². The molecule has 4 N–H and O–H groups in total. The van der Waals surface area contributed by atoms with Crippen molar-refractivity contribution in [3.8, 4) is 0 Å². The van der Waals surface area contributed by atoms with Crippen LogP contribution in [0.2, 0.25) is 0 Å². The molecule has 0 unspecified atom stereocenters. The number of rotatable bonds is 1. The predicted molar refractivity (Wildman–Crippen MR) is 57.8 cm³/mol. The molecule has 0 amide bonds. The lowest BCUT2D eigenvalue weighted by atomic mass is 9.87. The third-order valence-corrected chi connectivity index (χ3v) is 2.03. The van der Waals surface area contributed by atoms with Gasteiger partial charge in [-0.1, -0.05) is 20.8 Å². The van der Waals surface area contributed by atoms with Crippen LogP contribution in [0.5, 0.6) is 0 Å². The standard InChI is InChI=1S/C10H16N4/c1-10(2,3)7-4-5-13-8(6-7)9(11)14-12/h4-6H,12H2,1-3H3,(H2,11,14). The third-order valence-electron chi connectivity index (χ3n) is 2.03. The van der Waals surface area contributed by atoms with Crippen molar-refractivity contribution < 1.29 is 0 Å². The van der Waals surface area contributed by atoms with Crippen molar-refractivity contribution in [3.63, 3.8) is 0 Å². The van der Waals surface area contributed by atoms with E-state index in [0.29, 0.717) is 5.69 Å². The maximum atomic E-state index is 5.57. The number of pyridine rings is 1. The zero-order valence-corrected chi connectivity index (χ0v) is 8.78. The largest absolute Gasteiger partial charge is 0.380 e. The average Bonchev–Trinajstić information content (AvgIpc) is 2.15. The summed E-state index contributed by atoms with van der Waals surface area (Å²) in [5.41, 5.74) is 7.43. The average molecular weight is 192 g/mol. The quantitative estimate of drug-likeness (QED) is 0.301. The Labute approximate surface area is 84.0 Å². The van der Waals surface area contributed by atoms with E-state index in [4.69, 9.17) is 11.6 Å². The Balaban J connectivity index is 3.14. The van der Waals surface area contributed by atoms with Crippen LogP contribution in [0, 0.1) is 0 Å². The lowest BCUT2D eigenvalue weighted by molar-refractivity contribution is 0.589. The molecule has 0 bridgehead atoms. The Kier molecular flexibility index (Phi) is 2.74. The van der Waals surface area contributed by atoms with Crippen molar-refractivity contribution in [2.24, 2.45) is 16.7 Å². The first-order valence-electron chi connectivity index (χ1n) is 4.45. The topological polar surface area (TPSA) is 77.3 Å². The van der Waals surface area contributed by atoms with Gasteiger partial charge in [-0.05, 0) is 23.1 Å². The Hall–Kier alpha value is -1.58. The summed E-state index contributed by atoms with van der Waals surface area (Å²) in [5.74, 6) is 5.35. The summed E-state index contributed by atoms with van der Waals surface area (Å²) in [5, 5.41) is 3.41. The van der Waals surface area contributed by atoms with Crippen molar-refractivity contribution in [2.45, 2.75) is 26.2 Å². The minimum Gasteiger partial charge on any atom is -0.380 e. The molecule has 0 aliphatic carbocycles. The summed E-state index contributed by atoms with van der Waals surface area (Å²) < 4.78 is 0. The number of hydrogen-bond acceptors (Lipinski definition) is 3. The van der Waals surface area contributed by atoms with Gasteiger partial charge in [-0.15, -0.1) is 0 Å². The van der Waals surface area contributed by atoms with E-state index >= 15 is 0 Å². The summed E-state index contributed by atoms with van der Waals surface area (Å²) in [4.78, 5) is 4.09. The van der Waals surface area contributed by atoms with Crippen molar-refractivity contribution in [1.82, 2.24) is 4.98 Å². The van der Waals surface area contributed by atoms with Gasteiger partial charge in [0.1, 0.15) is 5.69 Å². The molecule has 0 spiro atoms. The molecule has 0 aliphatic rings. The second-order valence-corrected chi connectivity index (χ2v) is 4.19. The molecule has 0 atom stereocenters. The van der Waals surface area contributed by atoms with E-state index in [-0.39, 0.29) is 11.3 Å². The molecule has 1 rings (SSSR count). The van der Waals surface area contributed by atoms with Crippen LogP contribution in [0.15, 0.2) is 23.4 Å². The highest BCUT2D eigenvalue weighted by Crippen LogP contribution is 2.21. The zero-order valence-electron chi connectivity index (χ0n) is 8.78. The highest BCUT2D eigenvalue weighted by atomic mass is 15.2. The maximum absolute atomic E-state index is 5.57. The fourth-order valence-electron chi connectivity index (χ4n) is 1.10. The smallest absolute Gasteiger partial charge is 0.168 e. The number of nitrogens with two attached hydrogens (primary N) is 2. The first-order valence-corrected chi connectivity index (χ1v) is 4.45. The van der Waals surface area contributed by atoms with Gasteiger partial charge in [-0.25, -0.2) is 0 Å². The van der Waals surface area contributed by atoms with Gasteiger partial charge in [0.15, 0.2) is 5.84 Å². The molecule has 1 heterocycles. The molecule has 0 fully saturated rings. The van der Waals surface area contributed by atoms with Gasteiger partial charge in [0.25, 0.3) is 0 Å². The van der Waals surface area contributed by atoms with E-state index in [1.165, 1.54) is 0 Å². The van der Waals surface area contributed by atoms with E-state index in [1.807, 2.05) is 12.1 Å². The molecule has 1 aromatic heterocycles. The Morgan fingerprint density at radius 3 is 2.57 bits per heavy atom. The first kappa shape index (κ1) is 10.5. The van der Waals surface area contributed by atoms with Crippen LogP contribution in [0.4, 0.5) is 0 Å². The molecule has 14 heavy (non-hydrogen) atoms. The van der Waals surface area contributed by atoms with Crippen molar-refractivity contribution >= 4 is 5.84 Å². The lowest BCUT2D eigenvalue weighted by Gasteiger charge is -2.19. The first-order chi connectivity index (χ1) is 6.45. The van der Waals surface area contributed by atoms with Crippen molar-refractivity contribution in [1.29, 1.82) is 0 Å². The van der Waals surface area contributed by atoms with Gasteiger partial charge in [-0.3, -0.25) is 4.98 Å². The highest BCUT2D eigenvalue weighted by Gasteiger charge is 2.14. The Bertz CT molecular complexity index is 349. The second-order valence-electron chi connectivity index (χ2n) is 4.19. The normalized spacial score (nSPS) is 12.9. The SMILES string of the molecule is CC(C)(C)c1ccnc(/C(N)=N/N)c1. The molecule has 1 aromatic rings. The van der Waals surface area contributed by atoms with Crippen LogP contribution >= 0.6 is 0 Å². The van der Waals surface area contributed by atoms with Crippen LogP contribution in [-0.4, -0.2) is 10.8 Å². The van der Waals surface area contributed by atoms with E-state index in [2.05, 4.69) is 30.9 Å². The Morgan fingerprint density at radius 2 is 2.07 bits per heavy atom. The van der Waals surface area contributed by atoms with E-state index < -0.39 is 0 Å². The van der Waals surface area contributed by atoms with E-state index in [0.717, 1.165) is 5.56 Å². The minimum absolute atomic E-state index is 0.0760. The van der Waals surface area contributed by atoms with Gasteiger partial charge >= 0.3 is 0 Å². The summed E-state index contributed by atoms with van der Waals surface area (Å²) in [6.45, 7) is 6.38. The van der Waals surface area contributed by atoms with Crippen LogP contribution in [0.25, 0.3) is 0 Å². The molecule has 4 nitrogen and oxygen atoms in total. The summed E-state index contributed by atoms with van der Waals surface area (Å²) >= 11 is 0. The number of nitrogens with zero attached hydrogens (tertiary/aromatic N) is 2. The van der Waals surface area contributed by atoms with E-state index in [1.54, 1.807) is 6.20 Å². The van der Waals surface area contributed by atoms with Gasteiger partial charge in [0.2, 0.25) is 0 Å². The molecule has 0 aliphatic heterocycles. The highest BCUT2D eigenvalue weighted by molar-refractivity contribution is 5.95. The second kappa shape index (κ2) is 3.65. The molecule has 0 saturated carbocycles. The minimum atomic E-state index is 0.0760. The fourth-order valence-corrected chi connectivity index (χ4v) is 1.10. The molecular weight excluding hydrogens is 176 g/mol. The fraction of sp³-hybridized carbons (Fsp3) is 0.400. The molecule has 4 heteroatoms. The van der Waals surface area contributed by atoms with Crippen LogP contribution in [-0.2, 0) is 5.41 Å². The zero-order chi connectivity index (χ0) is 10.8. The predicted octanol–water partition coefficient (Wildman–Crippen LogP) is 0.958. The summed E-state index contributed by atoms with van der Waals surface area (Å²) in [6.07, 6.45) is 1.72. The maximum Gasteiger partial charge on any atom is 0.168 e. The van der Waals surface area contributed by atoms with Crippen molar-refractivity contribution in [3.05, 3.63) is 29.6 Å². The van der Waals surface area contributed by atoms with Gasteiger partial charge in [0.05, 0.1) is 0 Å². The monoisotopic (exact) mass is 192 g/mol. The van der Waals surface area contributed by atoms with Crippen LogP contribution in [0.3, 0.4) is 0 Å². The molecular formula is C10H16N4. The van der Waals surface area contributed by atoms with Gasteiger partial charge in [0, 0.05) is 6.20 Å². The van der Waals surface area contributed by atoms with Crippen LogP contribution in [0.1, 0.15) is 32.0 Å². The number of hydrogen-bond donors (Lipinski definition) is 2. The van der Waals surface area contributed by atoms with Crippen LogP contribution < -0.4 is 11.6 Å². The van der Waals surface area contributed by atoms with E-state index in [9.17, 15) is 0 Å². The number of amidine groups is 1. The molecule has 0 saturated heterocycles. The summed E-state index contributed by atoms with van der Waals surface area (Å²) in [7, 11) is 0. The number of aromatic nitrogens is 1. The summed E-state index contributed by atoms with van der Waals surface area (Å²) in [6, 6.07) is 3.87. The molecule has 76 valence electrons. The molecule has 0 aromatic carbocycles. The van der Waals surface area contributed by atoms with Crippen molar-refractivity contribution in [2.75, 3.05) is 0 Å². The Morgan fingerprint density at radius 1 is 1.43 bits per heavy atom. The third kappa shape index (κ3) is 2.22.